The normalized spacial score (nSPS) is 13.2. The molecule has 0 amide bonds. The van der Waals surface area contributed by atoms with Crippen LogP contribution in [0.5, 0.6) is 0 Å². The molecule has 1 unspecified atom stereocenters. The van der Waals surface area contributed by atoms with Gasteiger partial charge in [-0.05, 0) is 24.5 Å². The fourth-order valence-electron chi connectivity index (χ4n) is 2.02. The minimum absolute atomic E-state index is 0.155. The van der Waals surface area contributed by atoms with Gasteiger partial charge < -0.3 is 5.73 Å². The molecule has 4 heteroatoms. The minimum Gasteiger partial charge on any atom is -0.323 e. The summed E-state index contributed by atoms with van der Waals surface area (Å²) in [6.07, 6.45) is 3.08. The van der Waals surface area contributed by atoms with Crippen LogP contribution >= 0.6 is 11.3 Å². The van der Waals surface area contributed by atoms with Crippen LogP contribution in [-0.4, -0.2) is 9.78 Å². The fraction of sp³-hybridized carbons (Fsp3) is 0.500. The van der Waals surface area contributed by atoms with Gasteiger partial charge in [-0.3, -0.25) is 4.68 Å². The van der Waals surface area contributed by atoms with Crippen LogP contribution in [0.25, 0.3) is 10.4 Å². The van der Waals surface area contributed by atoms with Crippen molar-refractivity contribution >= 4 is 11.3 Å². The van der Waals surface area contributed by atoms with Crippen LogP contribution in [0.2, 0.25) is 0 Å². The largest absolute Gasteiger partial charge is 0.323 e. The van der Waals surface area contributed by atoms with Crippen LogP contribution in [0, 0.1) is 0 Å². The Balaban J connectivity index is 2.39. The van der Waals surface area contributed by atoms with Crippen LogP contribution in [0.1, 0.15) is 49.7 Å². The predicted molar refractivity (Wildman–Crippen MR) is 77.8 cm³/mol. The number of thiophene rings is 1. The maximum Gasteiger partial charge on any atom is 0.0736 e. The molecule has 0 spiro atoms. The molecule has 2 N–H and O–H groups in total. The zero-order valence-electron chi connectivity index (χ0n) is 11.5. The number of hydrogen-bond donors (Lipinski definition) is 1. The van der Waals surface area contributed by atoms with Crippen molar-refractivity contribution in [2.75, 3.05) is 0 Å². The minimum atomic E-state index is 0.155. The highest BCUT2D eigenvalue weighted by Gasteiger charge is 2.16. The molecular weight excluding hydrogens is 242 g/mol. The molecule has 0 aromatic carbocycles. The Labute approximate surface area is 113 Å². The van der Waals surface area contributed by atoms with Gasteiger partial charge in [0.15, 0.2) is 0 Å². The molecule has 0 saturated heterocycles. The molecule has 1 atom stereocenters. The monoisotopic (exact) mass is 263 g/mol. The van der Waals surface area contributed by atoms with Gasteiger partial charge in [0, 0.05) is 34.6 Å². The van der Waals surface area contributed by atoms with Gasteiger partial charge in [-0.2, -0.15) is 5.10 Å². The van der Waals surface area contributed by atoms with E-state index in [1.807, 2.05) is 11.7 Å². The summed E-state index contributed by atoms with van der Waals surface area (Å²) in [5.74, 6) is 0.437. The lowest BCUT2D eigenvalue weighted by Gasteiger charge is -2.05. The molecule has 0 aliphatic rings. The summed E-state index contributed by atoms with van der Waals surface area (Å²) >= 11 is 1.79. The maximum atomic E-state index is 6.08. The third-order valence-electron chi connectivity index (χ3n) is 3.10. The number of nitrogens with two attached hydrogens (primary N) is 1. The molecule has 0 radical (unpaired) electrons. The Bertz CT molecular complexity index is 525. The first-order valence-electron chi connectivity index (χ1n) is 6.42. The average molecular weight is 263 g/mol. The molecule has 98 valence electrons. The summed E-state index contributed by atoms with van der Waals surface area (Å²) < 4.78 is 1.89. The summed E-state index contributed by atoms with van der Waals surface area (Å²) in [6, 6.07) is 4.46. The van der Waals surface area contributed by atoms with Gasteiger partial charge in [-0.25, -0.2) is 0 Å². The summed E-state index contributed by atoms with van der Waals surface area (Å²) in [5.41, 5.74) is 8.48. The SMILES string of the molecule is CCC(N)c1ccc(-c2cn(C)nc2C(C)C)s1. The highest BCUT2D eigenvalue weighted by molar-refractivity contribution is 7.15. The quantitative estimate of drug-likeness (QED) is 0.914. The van der Waals surface area contributed by atoms with E-state index in [2.05, 4.69) is 44.2 Å². The van der Waals surface area contributed by atoms with Gasteiger partial charge in [-0.15, -0.1) is 11.3 Å². The Kier molecular flexibility index (Phi) is 3.88. The van der Waals surface area contributed by atoms with Gasteiger partial charge in [0.1, 0.15) is 0 Å². The number of nitrogens with zero attached hydrogens (tertiary/aromatic N) is 2. The van der Waals surface area contributed by atoms with E-state index in [9.17, 15) is 0 Å². The van der Waals surface area contributed by atoms with Gasteiger partial charge in [-0.1, -0.05) is 20.8 Å². The highest BCUT2D eigenvalue weighted by Crippen LogP contribution is 2.35. The van der Waals surface area contributed by atoms with Gasteiger partial charge in [0.05, 0.1) is 5.69 Å². The summed E-state index contributed by atoms with van der Waals surface area (Å²) in [5, 5.41) is 4.55. The van der Waals surface area contributed by atoms with Crippen molar-refractivity contribution in [3.8, 4) is 10.4 Å². The van der Waals surface area contributed by atoms with Crippen molar-refractivity contribution in [2.24, 2.45) is 12.8 Å². The fourth-order valence-corrected chi connectivity index (χ4v) is 3.13. The van der Waals surface area contributed by atoms with Crippen molar-refractivity contribution in [3.63, 3.8) is 0 Å². The Morgan fingerprint density at radius 2 is 2.11 bits per heavy atom. The topological polar surface area (TPSA) is 43.8 Å². The second kappa shape index (κ2) is 5.24. The average Bonchev–Trinajstić information content (AvgIpc) is 2.93. The third-order valence-corrected chi connectivity index (χ3v) is 4.35. The second-order valence-electron chi connectivity index (χ2n) is 4.97. The molecule has 3 nitrogen and oxygen atoms in total. The molecule has 18 heavy (non-hydrogen) atoms. The maximum absolute atomic E-state index is 6.08. The lowest BCUT2D eigenvalue weighted by atomic mass is 10.1. The smallest absolute Gasteiger partial charge is 0.0736 e. The van der Waals surface area contributed by atoms with Crippen molar-refractivity contribution < 1.29 is 0 Å². The Morgan fingerprint density at radius 1 is 1.39 bits per heavy atom. The predicted octanol–water partition coefficient (Wildman–Crippen LogP) is 3.68. The molecule has 2 rings (SSSR count). The van der Waals surface area contributed by atoms with E-state index in [4.69, 9.17) is 5.73 Å². The molecule has 2 aromatic heterocycles. The number of aromatic nitrogens is 2. The van der Waals surface area contributed by atoms with Crippen molar-refractivity contribution in [3.05, 3.63) is 28.9 Å². The lowest BCUT2D eigenvalue weighted by molar-refractivity contribution is 0.712. The first-order chi connectivity index (χ1) is 8.52. The van der Waals surface area contributed by atoms with Crippen molar-refractivity contribution in [1.29, 1.82) is 0 Å². The van der Waals surface area contributed by atoms with Crippen LogP contribution in [0.3, 0.4) is 0 Å². The second-order valence-corrected chi connectivity index (χ2v) is 6.09. The van der Waals surface area contributed by atoms with Gasteiger partial charge in [0.2, 0.25) is 0 Å². The number of aryl methyl sites for hydroxylation is 1. The molecule has 0 bridgehead atoms. The molecule has 0 aliphatic heterocycles. The van der Waals surface area contributed by atoms with E-state index >= 15 is 0 Å². The van der Waals surface area contributed by atoms with Crippen molar-refractivity contribution in [1.82, 2.24) is 9.78 Å². The standard InChI is InChI=1S/C14H21N3S/c1-5-11(15)13-7-6-12(18-13)10-8-17(4)16-14(10)9(2)3/h6-9,11H,5,15H2,1-4H3. The van der Waals surface area contributed by atoms with E-state index < -0.39 is 0 Å². The third kappa shape index (κ3) is 2.49. The first-order valence-corrected chi connectivity index (χ1v) is 7.23. The van der Waals surface area contributed by atoms with E-state index in [0.29, 0.717) is 5.92 Å². The van der Waals surface area contributed by atoms with Crippen LogP contribution < -0.4 is 5.73 Å². The van der Waals surface area contributed by atoms with E-state index in [1.54, 1.807) is 11.3 Å². The molecule has 2 aromatic rings. The Hall–Kier alpha value is -1.13. The molecular formula is C14H21N3S. The summed E-state index contributed by atoms with van der Waals surface area (Å²) in [6.45, 7) is 6.48. The number of rotatable bonds is 4. The van der Waals surface area contributed by atoms with E-state index in [-0.39, 0.29) is 6.04 Å². The molecule has 0 fully saturated rings. The lowest BCUT2D eigenvalue weighted by Crippen LogP contribution is -2.05. The van der Waals surface area contributed by atoms with Gasteiger partial charge in [0.25, 0.3) is 0 Å². The zero-order valence-corrected chi connectivity index (χ0v) is 12.3. The van der Waals surface area contributed by atoms with Crippen molar-refractivity contribution in [2.45, 2.75) is 39.2 Å². The summed E-state index contributed by atoms with van der Waals surface area (Å²) in [4.78, 5) is 2.52. The highest BCUT2D eigenvalue weighted by atomic mass is 32.1. The summed E-state index contributed by atoms with van der Waals surface area (Å²) in [7, 11) is 1.97. The van der Waals surface area contributed by atoms with E-state index in [1.165, 1.54) is 15.3 Å². The molecule has 0 saturated carbocycles. The molecule has 0 aliphatic carbocycles. The van der Waals surface area contributed by atoms with E-state index in [0.717, 1.165) is 12.1 Å². The Morgan fingerprint density at radius 3 is 2.72 bits per heavy atom. The zero-order chi connectivity index (χ0) is 13.3. The van der Waals surface area contributed by atoms with Gasteiger partial charge >= 0.3 is 0 Å². The number of hydrogen-bond acceptors (Lipinski definition) is 3. The molecule has 2 heterocycles. The first kappa shape index (κ1) is 13.3. The van der Waals surface area contributed by atoms with Crippen LogP contribution in [0.4, 0.5) is 0 Å². The van der Waals surface area contributed by atoms with Crippen LogP contribution in [0.15, 0.2) is 18.3 Å². The van der Waals surface area contributed by atoms with Crippen LogP contribution in [-0.2, 0) is 7.05 Å².